The summed E-state index contributed by atoms with van der Waals surface area (Å²) < 4.78 is 0. The van der Waals surface area contributed by atoms with Crippen molar-refractivity contribution in [2.45, 2.75) is 6.42 Å². The normalized spacial score (nSPS) is 18.5. The first-order valence-electron chi connectivity index (χ1n) is 2.15. The van der Waals surface area contributed by atoms with Gasteiger partial charge in [-0.3, -0.25) is 0 Å². The molecule has 2 nitrogen and oxygen atoms in total. The van der Waals surface area contributed by atoms with Gasteiger partial charge in [0.05, 0.1) is 4.99 Å². The molecule has 0 aromatic rings. The van der Waals surface area contributed by atoms with Crippen molar-refractivity contribution in [3.63, 3.8) is 0 Å². The molecule has 0 aromatic heterocycles. The average molecular weight is 144 g/mol. The van der Waals surface area contributed by atoms with Gasteiger partial charge in [-0.15, -0.1) is 0 Å². The molecule has 0 saturated heterocycles. The molecule has 0 radical (unpaired) electrons. The van der Waals surface area contributed by atoms with E-state index in [1.54, 1.807) is 6.21 Å². The minimum Gasteiger partial charge on any atom is -0.325 e. The largest absolute Gasteiger partial charge is 0.325 e. The van der Waals surface area contributed by atoms with E-state index in [0.29, 0.717) is 5.11 Å². The van der Waals surface area contributed by atoms with E-state index in [-0.39, 0.29) is 0 Å². The number of nitrogens with zero attached hydrogens (tertiary/aromatic N) is 1. The second-order valence-electron chi connectivity index (χ2n) is 1.37. The molecule has 4 heteroatoms. The number of hydrogen-bond acceptors (Lipinski definition) is 2. The Kier molecular flexibility index (Phi) is 1.65. The quantitative estimate of drug-likeness (QED) is 0.505. The Balaban J connectivity index is 2.68. The summed E-state index contributed by atoms with van der Waals surface area (Å²) in [6.07, 6.45) is 2.43. The highest BCUT2D eigenvalue weighted by Gasteiger charge is 2.00. The first-order valence-corrected chi connectivity index (χ1v) is 2.97. The predicted molar refractivity (Wildman–Crippen MR) is 41.4 cm³/mol. The molecule has 0 saturated carbocycles. The third kappa shape index (κ3) is 1.31. The van der Waals surface area contributed by atoms with Crippen molar-refractivity contribution in [2.75, 3.05) is 0 Å². The van der Waals surface area contributed by atoms with Gasteiger partial charge < -0.3 is 5.32 Å². The topological polar surface area (TPSA) is 24.4 Å². The first-order chi connectivity index (χ1) is 3.79. The minimum atomic E-state index is 0.473. The van der Waals surface area contributed by atoms with Gasteiger partial charge in [-0.05, 0) is 12.2 Å². The fraction of sp³-hybridized carbons (Fsp3) is 0.250. The molecule has 0 atom stereocenters. The summed E-state index contributed by atoms with van der Waals surface area (Å²) in [6, 6.07) is 0. The van der Waals surface area contributed by atoms with Crippen LogP contribution < -0.4 is 5.32 Å². The molecule has 8 heavy (non-hydrogen) atoms. The molecule has 42 valence electrons. The number of nitrogens with one attached hydrogen (secondary N) is 1. The molecule has 0 spiro atoms. The zero-order valence-corrected chi connectivity index (χ0v) is 5.68. The maximum atomic E-state index is 4.79. The average Bonchev–Trinajstić information content (AvgIpc) is 1.64. The molecule has 1 aliphatic heterocycles. The van der Waals surface area contributed by atoms with Crippen LogP contribution in [0.1, 0.15) is 6.42 Å². The van der Waals surface area contributed by atoms with Crippen LogP contribution in [0.15, 0.2) is 4.99 Å². The highest BCUT2D eigenvalue weighted by Crippen LogP contribution is 1.88. The lowest BCUT2D eigenvalue weighted by molar-refractivity contribution is 1.31. The van der Waals surface area contributed by atoms with Crippen LogP contribution in [0.4, 0.5) is 0 Å². The molecule has 0 amide bonds. The number of aliphatic imine (C=N–C) groups is 1. The van der Waals surface area contributed by atoms with Crippen molar-refractivity contribution < 1.29 is 0 Å². The maximum absolute atomic E-state index is 4.79. The Hall–Kier alpha value is -0.350. The summed E-state index contributed by atoms with van der Waals surface area (Å²) in [6.45, 7) is 0. The molecule has 0 unspecified atom stereocenters. The highest BCUT2D eigenvalue weighted by molar-refractivity contribution is 7.82. The van der Waals surface area contributed by atoms with Crippen LogP contribution in [0.2, 0.25) is 0 Å². The van der Waals surface area contributed by atoms with E-state index in [9.17, 15) is 0 Å². The maximum Gasteiger partial charge on any atom is 0.197 e. The van der Waals surface area contributed by atoms with Gasteiger partial charge in [-0.25, -0.2) is 4.99 Å². The third-order valence-corrected chi connectivity index (χ3v) is 1.21. The van der Waals surface area contributed by atoms with Crippen LogP contribution >= 0.6 is 24.4 Å². The van der Waals surface area contributed by atoms with Crippen LogP contribution in [0.5, 0.6) is 0 Å². The van der Waals surface area contributed by atoms with Crippen molar-refractivity contribution in [3.05, 3.63) is 0 Å². The van der Waals surface area contributed by atoms with Crippen LogP contribution in [-0.4, -0.2) is 16.3 Å². The fourth-order valence-corrected chi connectivity index (χ4v) is 0.848. The number of rotatable bonds is 0. The monoisotopic (exact) mass is 144 g/mol. The van der Waals surface area contributed by atoms with E-state index >= 15 is 0 Å². The van der Waals surface area contributed by atoms with E-state index in [1.165, 1.54) is 0 Å². The van der Waals surface area contributed by atoms with Crippen LogP contribution in [0.25, 0.3) is 0 Å². The van der Waals surface area contributed by atoms with Gasteiger partial charge >= 0.3 is 0 Å². The van der Waals surface area contributed by atoms with Crippen molar-refractivity contribution in [2.24, 2.45) is 4.99 Å². The third-order valence-electron chi connectivity index (χ3n) is 0.732. The van der Waals surface area contributed by atoms with E-state index in [0.717, 1.165) is 11.4 Å². The molecule has 1 aliphatic rings. The van der Waals surface area contributed by atoms with Crippen molar-refractivity contribution in [1.29, 1.82) is 0 Å². The van der Waals surface area contributed by atoms with E-state index in [1.807, 2.05) is 0 Å². The number of thiocarbonyl (C=S) groups is 2. The molecule has 1 rings (SSSR count). The lowest BCUT2D eigenvalue weighted by atomic mass is 10.4. The van der Waals surface area contributed by atoms with Gasteiger partial charge in [0.1, 0.15) is 0 Å². The molecule has 0 bridgehead atoms. The number of hydrogen-bond donors (Lipinski definition) is 1. The Labute approximate surface area is 58.0 Å². The Morgan fingerprint density at radius 1 is 1.62 bits per heavy atom. The molecular formula is C4H4N2S2. The SMILES string of the molecule is S=C1CC=NC(=S)N1. The minimum absolute atomic E-state index is 0.473. The Morgan fingerprint density at radius 3 is 2.75 bits per heavy atom. The highest BCUT2D eigenvalue weighted by atomic mass is 32.1. The predicted octanol–water partition coefficient (Wildman–Crippen LogP) is 0.663. The van der Waals surface area contributed by atoms with Crippen molar-refractivity contribution in [1.82, 2.24) is 5.32 Å². The Bertz CT molecular complexity index is 161. The summed E-state index contributed by atoms with van der Waals surface area (Å²) in [5, 5.41) is 3.22. The van der Waals surface area contributed by atoms with Gasteiger partial charge in [-0.1, -0.05) is 12.2 Å². The lowest BCUT2D eigenvalue weighted by Gasteiger charge is -2.06. The van der Waals surface area contributed by atoms with E-state index in [4.69, 9.17) is 12.2 Å². The van der Waals surface area contributed by atoms with Crippen LogP contribution in [0.3, 0.4) is 0 Å². The second kappa shape index (κ2) is 2.28. The summed E-state index contributed by atoms with van der Waals surface area (Å²) in [5.74, 6) is 0. The molecule has 0 fully saturated rings. The summed E-state index contributed by atoms with van der Waals surface area (Å²) >= 11 is 9.48. The lowest BCUT2D eigenvalue weighted by Crippen LogP contribution is -2.29. The van der Waals surface area contributed by atoms with Crippen molar-refractivity contribution >= 4 is 40.8 Å². The molecule has 0 aromatic carbocycles. The zero-order chi connectivity index (χ0) is 5.98. The zero-order valence-electron chi connectivity index (χ0n) is 4.05. The second-order valence-corrected chi connectivity index (χ2v) is 2.25. The van der Waals surface area contributed by atoms with Gasteiger partial charge in [0.2, 0.25) is 0 Å². The molecule has 1 heterocycles. The van der Waals surface area contributed by atoms with E-state index < -0.39 is 0 Å². The molecular weight excluding hydrogens is 140 g/mol. The van der Waals surface area contributed by atoms with Gasteiger partial charge in [0, 0.05) is 12.6 Å². The molecule has 0 aliphatic carbocycles. The molecule has 1 N–H and O–H groups in total. The smallest absolute Gasteiger partial charge is 0.197 e. The van der Waals surface area contributed by atoms with Crippen LogP contribution in [0, 0.1) is 0 Å². The van der Waals surface area contributed by atoms with Crippen molar-refractivity contribution in [3.8, 4) is 0 Å². The fourth-order valence-electron chi connectivity index (χ4n) is 0.414. The standard InChI is InChI=1S/C4H4N2S2/c7-3-1-2-5-4(8)6-3/h2H,1H2,(H,6,7,8). The Morgan fingerprint density at radius 2 is 2.38 bits per heavy atom. The summed E-state index contributed by atoms with van der Waals surface area (Å²) in [4.78, 5) is 4.54. The first kappa shape index (κ1) is 5.78. The van der Waals surface area contributed by atoms with Gasteiger partial charge in [0.25, 0.3) is 0 Å². The van der Waals surface area contributed by atoms with E-state index in [2.05, 4.69) is 22.5 Å². The summed E-state index contributed by atoms with van der Waals surface area (Å²) in [7, 11) is 0. The van der Waals surface area contributed by atoms with Crippen LogP contribution in [-0.2, 0) is 0 Å². The van der Waals surface area contributed by atoms with Gasteiger partial charge in [0.15, 0.2) is 5.11 Å². The van der Waals surface area contributed by atoms with Gasteiger partial charge in [-0.2, -0.15) is 0 Å². The summed E-state index contributed by atoms with van der Waals surface area (Å²) in [5.41, 5.74) is 0.